The zero-order valence-electron chi connectivity index (χ0n) is 15.3. The summed E-state index contributed by atoms with van der Waals surface area (Å²) in [5.41, 5.74) is 0.422. The summed E-state index contributed by atoms with van der Waals surface area (Å²) in [5.74, 6) is 0.879. The van der Waals surface area contributed by atoms with Crippen molar-refractivity contribution in [1.82, 2.24) is 4.90 Å². The lowest BCUT2D eigenvalue weighted by molar-refractivity contribution is -0.385. The molecule has 2 heterocycles. The van der Waals surface area contributed by atoms with Gasteiger partial charge in [0, 0.05) is 18.7 Å². The summed E-state index contributed by atoms with van der Waals surface area (Å²) >= 11 is 0. The third kappa shape index (κ3) is 3.36. The molecule has 27 heavy (non-hydrogen) atoms. The van der Waals surface area contributed by atoms with Gasteiger partial charge in [-0.3, -0.25) is 15.0 Å². The summed E-state index contributed by atoms with van der Waals surface area (Å²) < 4.78 is 18.3. The molecule has 1 saturated heterocycles. The van der Waals surface area contributed by atoms with Crippen LogP contribution in [-0.4, -0.2) is 41.2 Å². The molecule has 2 aromatic rings. The molecule has 2 atom stereocenters. The molecular formula is C20H22N2O5. The minimum absolute atomic E-state index is 0.0217. The second kappa shape index (κ2) is 6.83. The maximum Gasteiger partial charge on any atom is 0.273 e. The molecule has 0 aliphatic carbocycles. The van der Waals surface area contributed by atoms with Crippen molar-refractivity contribution in [1.29, 1.82) is 0 Å². The molecule has 0 saturated carbocycles. The minimum Gasteiger partial charge on any atom is -0.486 e. The van der Waals surface area contributed by atoms with Crippen LogP contribution in [0.15, 0.2) is 48.5 Å². The third-order valence-corrected chi connectivity index (χ3v) is 5.00. The van der Waals surface area contributed by atoms with Gasteiger partial charge in [-0.2, -0.15) is 0 Å². The molecule has 2 aromatic carbocycles. The second-order valence-electron chi connectivity index (χ2n) is 7.30. The standard InChI is InChI=1S/C20H22N2O5/c1-14(2)21-11-20(27-19(21)15-6-4-3-5-7-15)12-25-17-9-8-16(22(23)24)10-18(17)26-13-20/h3-10,14,19H,11-13H2,1-2H3. The summed E-state index contributed by atoms with van der Waals surface area (Å²) in [6.45, 7) is 5.52. The maximum atomic E-state index is 11.0. The largest absolute Gasteiger partial charge is 0.486 e. The first-order valence-corrected chi connectivity index (χ1v) is 9.00. The zero-order chi connectivity index (χ0) is 19.0. The van der Waals surface area contributed by atoms with Crippen LogP contribution in [0.25, 0.3) is 0 Å². The van der Waals surface area contributed by atoms with E-state index in [1.54, 1.807) is 6.07 Å². The van der Waals surface area contributed by atoms with Gasteiger partial charge in [0.1, 0.15) is 19.4 Å². The lowest BCUT2D eigenvalue weighted by atomic mass is 10.1. The van der Waals surface area contributed by atoms with Gasteiger partial charge < -0.3 is 14.2 Å². The Kier molecular flexibility index (Phi) is 4.49. The first-order chi connectivity index (χ1) is 13.0. The van der Waals surface area contributed by atoms with E-state index < -0.39 is 10.5 Å². The van der Waals surface area contributed by atoms with Crippen LogP contribution in [0, 0.1) is 10.1 Å². The first-order valence-electron chi connectivity index (χ1n) is 9.00. The molecule has 1 spiro atoms. The maximum absolute atomic E-state index is 11.0. The number of rotatable bonds is 3. The van der Waals surface area contributed by atoms with E-state index in [1.165, 1.54) is 12.1 Å². The highest BCUT2D eigenvalue weighted by Crippen LogP contribution is 2.42. The van der Waals surface area contributed by atoms with Crippen LogP contribution < -0.4 is 9.47 Å². The quantitative estimate of drug-likeness (QED) is 0.608. The molecule has 0 aromatic heterocycles. The molecule has 2 aliphatic rings. The van der Waals surface area contributed by atoms with Gasteiger partial charge in [0.15, 0.2) is 17.1 Å². The average Bonchev–Trinajstić information content (AvgIpc) is 2.96. The molecule has 7 nitrogen and oxygen atoms in total. The topological polar surface area (TPSA) is 74.1 Å². The van der Waals surface area contributed by atoms with Crippen molar-refractivity contribution < 1.29 is 19.1 Å². The van der Waals surface area contributed by atoms with Gasteiger partial charge >= 0.3 is 0 Å². The minimum atomic E-state index is -0.640. The summed E-state index contributed by atoms with van der Waals surface area (Å²) in [4.78, 5) is 12.9. The number of nitro groups is 1. The second-order valence-corrected chi connectivity index (χ2v) is 7.30. The summed E-state index contributed by atoms with van der Waals surface area (Å²) in [6, 6.07) is 14.8. The fourth-order valence-corrected chi connectivity index (χ4v) is 3.55. The molecule has 0 bridgehead atoms. The SMILES string of the molecule is CC(C)N1CC2(COc3ccc([N+](=O)[O-])cc3OC2)OC1c1ccccc1. The van der Waals surface area contributed by atoms with Crippen LogP contribution in [-0.2, 0) is 4.74 Å². The highest BCUT2D eigenvalue weighted by molar-refractivity contribution is 5.49. The number of ether oxygens (including phenoxy) is 3. The predicted octanol–water partition coefficient (Wildman–Crippen LogP) is 3.54. The van der Waals surface area contributed by atoms with E-state index in [1.807, 2.05) is 18.2 Å². The molecule has 142 valence electrons. The monoisotopic (exact) mass is 370 g/mol. The van der Waals surface area contributed by atoms with Crippen molar-refractivity contribution >= 4 is 5.69 Å². The molecule has 1 fully saturated rings. The Morgan fingerprint density at radius 1 is 1.11 bits per heavy atom. The molecule has 0 radical (unpaired) electrons. The Morgan fingerprint density at radius 3 is 2.48 bits per heavy atom. The molecule has 4 rings (SSSR count). The van der Waals surface area contributed by atoms with Crippen molar-refractivity contribution in [3.63, 3.8) is 0 Å². The number of fused-ring (bicyclic) bond motifs is 1. The van der Waals surface area contributed by atoms with Gasteiger partial charge in [0.05, 0.1) is 11.0 Å². The van der Waals surface area contributed by atoms with Crippen LogP contribution >= 0.6 is 0 Å². The number of hydrogen-bond acceptors (Lipinski definition) is 6. The normalized spacial score (nSPS) is 24.9. The van der Waals surface area contributed by atoms with E-state index in [4.69, 9.17) is 14.2 Å². The van der Waals surface area contributed by atoms with Gasteiger partial charge in [-0.1, -0.05) is 30.3 Å². The van der Waals surface area contributed by atoms with Gasteiger partial charge in [-0.25, -0.2) is 0 Å². The number of non-ortho nitro benzene ring substituents is 1. The van der Waals surface area contributed by atoms with Crippen molar-refractivity contribution in [2.45, 2.75) is 31.7 Å². The van der Waals surface area contributed by atoms with E-state index in [-0.39, 0.29) is 24.6 Å². The van der Waals surface area contributed by atoms with E-state index in [2.05, 4.69) is 30.9 Å². The lowest BCUT2D eigenvalue weighted by Gasteiger charge is -2.26. The van der Waals surface area contributed by atoms with Crippen LogP contribution in [0.4, 0.5) is 5.69 Å². The van der Waals surface area contributed by atoms with Crippen molar-refractivity contribution in [3.8, 4) is 11.5 Å². The molecule has 0 amide bonds. The molecule has 2 aliphatic heterocycles. The zero-order valence-corrected chi connectivity index (χ0v) is 15.3. The smallest absolute Gasteiger partial charge is 0.273 e. The number of nitro benzene ring substituents is 1. The van der Waals surface area contributed by atoms with Gasteiger partial charge in [0.2, 0.25) is 0 Å². The molecule has 2 unspecified atom stereocenters. The summed E-state index contributed by atoms with van der Waals surface area (Å²) in [5, 5.41) is 11.0. The van der Waals surface area contributed by atoms with Crippen LogP contribution in [0.1, 0.15) is 25.6 Å². The van der Waals surface area contributed by atoms with Gasteiger partial charge in [-0.15, -0.1) is 0 Å². The van der Waals surface area contributed by atoms with Crippen molar-refractivity contribution in [2.75, 3.05) is 19.8 Å². The van der Waals surface area contributed by atoms with Gasteiger partial charge in [0.25, 0.3) is 5.69 Å². The summed E-state index contributed by atoms with van der Waals surface area (Å²) in [7, 11) is 0. The summed E-state index contributed by atoms with van der Waals surface area (Å²) in [6.07, 6.45) is -0.186. The fraction of sp³-hybridized carbons (Fsp3) is 0.400. The van der Waals surface area contributed by atoms with Crippen molar-refractivity contribution in [3.05, 3.63) is 64.2 Å². The molecular weight excluding hydrogens is 348 g/mol. The van der Waals surface area contributed by atoms with Crippen LogP contribution in [0.3, 0.4) is 0 Å². The predicted molar refractivity (Wildman–Crippen MR) is 98.9 cm³/mol. The van der Waals surface area contributed by atoms with Gasteiger partial charge in [-0.05, 0) is 25.5 Å². The van der Waals surface area contributed by atoms with E-state index in [9.17, 15) is 10.1 Å². The Labute approximate surface area is 157 Å². The first kappa shape index (κ1) is 17.8. The number of benzene rings is 2. The highest BCUT2D eigenvalue weighted by Gasteiger charge is 2.49. The van der Waals surface area contributed by atoms with Crippen LogP contribution in [0.5, 0.6) is 11.5 Å². The lowest BCUT2D eigenvalue weighted by Crippen LogP contribution is -2.45. The average molecular weight is 370 g/mol. The van der Waals surface area contributed by atoms with Crippen LogP contribution in [0.2, 0.25) is 0 Å². The number of hydrogen-bond donors (Lipinski definition) is 0. The Balaban J connectivity index is 1.60. The number of nitrogens with zero attached hydrogens (tertiary/aromatic N) is 2. The third-order valence-electron chi connectivity index (χ3n) is 5.00. The fourth-order valence-electron chi connectivity index (χ4n) is 3.55. The molecule has 7 heteroatoms. The van der Waals surface area contributed by atoms with E-state index >= 15 is 0 Å². The Morgan fingerprint density at radius 2 is 1.81 bits per heavy atom. The Hall–Kier alpha value is -2.64. The van der Waals surface area contributed by atoms with E-state index in [0.717, 1.165) is 5.56 Å². The van der Waals surface area contributed by atoms with Crippen molar-refractivity contribution in [2.24, 2.45) is 0 Å². The highest BCUT2D eigenvalue weighted by atomic mass is 16.6. The Bertz CT molecular complexity index is 842. The molecule has 0 N–H and O–H groups in total. The van der Waals surface area contributed by atoms with E-state index in [0.29, 0.717) is 24.7 Å².